The second-order valence-corrected chi connectivity index (χ2v) is 10.3. The fourth-order valence-corrected chi connectivity index (χ4v) is 5.74. The lowest BCUT2D eigenvalue weighted by Gasteiger charge is -2.17. The Kier molecular flexibility index (Phi) is 5.33. The second kappa shape index (κ2) is 7.78. The van der Waals surface area contributed by atoms with Crippen molar-refractivity contribution in [2.75, 3.05) is 21.9 Å². The van der Waals surface area contributed by atoms with Crippen molar-refractivity contribution in [3.8, 4) is 11.3 Å². The largest absolute Gasteiger partial charge is 0.298 e. The molecular weight excluding hydrogens is 430 g/mol. The number of nitrogens with one attached hydrogen (secondary N) is 1. The molecule has 0 unspecified atom stereocenters. The van der Waals surface area contributed by atoms with Crippen molar-refractivity contribution in [2.45, 2.75) is 13.3 Å². The highest BCUT2D eigenvalue weighted by Gasteiger charge is 2.28. The Morgan fingerprint density at radius 2 is 1.97 bits per heavy atom. The minimum atomic E-state index is -3.30. The van der Waals surface area contributed by atoms with Gasteiger partial charge in [0, 0.05) is 27.6 Å². The van der Waals surface area contributed by atoms with Gasteiger partial charge < -0.3 is 0 Å². The molecule has 2 aromatic carbocycles. The molecule has 0 saturated carbocycles. The molecule has 6 nitrogen and oxygen atoms in total. The third-order valence-corrected chi connectivity index (χ3v) is 7.64. The number of thiazole rings is 1. The monoisotopic (exact) mass is 447 g/mol. The normalized spacial score (nSPS) is 15.4. The number of halogens is 1. The fourth-order valence-electron chi connectivity index (χ4n) is 3.23. The van der Waals surface area contributed by atoms with E-state index in [0.29, 0.717) is 34.4 Å². The van der Waals surface area contributed by atoms with Gasteiger partial charge in [0.1, 0.15) is 0 Å². The number of carbonyl (C=O) groups is 1. The molecule has 1 aromatic heterocycles. The third-order valence-electron chi connectivity index (χ3n) is 4.63. The summed E-state index contributed by atoms with van der Waals surface area (Å²) in [7, 11) is -3.30. The predicted molar refractivity (Wildman–Crippen MR) is 117 cm³/mol. The molecule has 1 aliphatic rings. The van der Waals surface area contributed by atoms with Crippen molar-refractivity contribution in [3.63, 3.8) is 0 Å². The number of aromatic nitrogens is 1. The minimum absolute atomic E-state index is 0.134. The first-order valence-electron chi connectivity index (χ1n) is 8.99. The van der Waals surface area contributed by atoms with Gasteiger partial charge in [0.2, 0.25) is 10.0 Å². The highest BCUT2D eigenvalue weighted by molar-refractivity contribution is 7.93. The van der Waals surface area contributed by atoms with Gasteiger partial charge in [0.15, 0.2) is 5.13 Å². The van der Waals surface area contributed by atoms with Gasteiger partial charge >= 0.3 is 0 Å². The van der Waals surface area contributed by atoms with E-state index in [1.165, 1.54) is 15.6 Å². The number of rotatable bonds is 4. The van der Waals surface area contributed by atoms with E-state index in [-0.39, 0.29) is 11.7 Å². The van der Waals surface area contributed by atoms with Gasteiger partial charge in [-0.25, -0.2) is 13.4 Å². The second-order valence-electron chi connectivity index (χ2n) is 6.68. The molecule has 1 fully saturated rings. The number of benzene rings is 2. The number of anilines is 2. The first-order chi connectivity index (χ1) is 13.8. The molecule has 0 bridgehead atoms. The van der Waals surface area contributed by atoms with Crippen molar-refractivity contribution < 1.29 is 13.2 Å². The van der Waals surface area contributed by atoms with Gasteiger partial charge in [-0.15, -0.1) is 11.3 Å². The van der Waals surface area contributed by atoms with Crippen LogP contribution in [0.25, 0.3) is 11.3 Å². The highest BCUT2D eigenvalue weighted by Crippen LogP contribution is 2.31. The van der Waals surface area contributed by atoms with Crippen molar-refractivity contribution in [1.29, 1.82) is 0 Å². The molecule has 0 radical (unpaired) electrons. The molecule has 0 atom stereocenters. The van der Waals surface area contributed by atoms with Gasteiger partial charge in [0.05, 0.1) is 17.1 Å². The van der Waals surface area contributed by atoms with E-state index in [4.69, 9.17) is 11.6 Å². The summed E-state index contributed by atoms with van der Waals surface area (Å²) in [5.74, 6) is -0.199. The SMILES string of the molecule is Cc1sc(NC(=O)c2cccc(N3CCCS3(=O)=O)c2)nc1-c1ccc(Cl)cc1. The number of hydrogen-bond acceptors (Lipinski definition) is 5. The molecule has 1 saturated heterocycles. The summed E-state index contributed by atoms with van der Waals surface area (Å²) >= 11 is 7.33. The van der Waals surface area contributed by atoms with Crippen molar-refractivity contribution in [1.82, 2.24) is 4.98 Å². The van der Waals surface area contributed by atoms with Crippen molar-refractivity contribution in [2.24, 2.45) is 0 Å². The lowest BCUT2D eigenvalue weighted by Crippen LogP contribution is -2.25. The zero-order valence-electron chi connectivity index (χ0n) is 15.6. The first-order valence-corrected chi connectivity index (χ1v) is 11.8. The number of sulfonamides is 1. The molecule has 3 aromatic rings. The molecule has 1 N–H and O–H groups in total. The topological polar surface area (TPSA) is 79.4 Å². The Morgan fingerprint density at radius 1 is 1.21 bits per heavy atom. The van der Waals surface area contributed by atoms with E-state index in [0.717, 1.165) is 16.1 Å². The molecular formula is C20H18ClN3O3S2. The maximum Gasteiger partial charge on any atom is 0.257 e. The van der Waals surface area contributed by atoms with E-state index in [1.54, 1.807) is 36.4 Å². The predicted octanol–water partition coefficient (Wildman–Crippen LogP) is 4.56. The van der Waals surface area contributed by atoms with Gasteiger partial charge in [-0.05, 0) is 43.7 Å². The summed E-state index contributed by atoms with van der Waals surface area (Å²) in [6.45, 7) is 2.37. The minimum Gasteiger partial charge on any atom is -0.298 e. The van der Waals surface area contributed by atoms with Crippen LogP contribution in [0, 0.1) is 6.92 Å². The van der Waals surface area contributed by atoms with Crippen LogP contribution in [0.4, 0.5) is 10.8 Å². The van der Waals surface area contributed by atoms with Gasteiger partial charge in [-0.1, -0.05) is 29.8 Å². The molecule has 0 spiro atoms. The standard InChI is InChI=1S/C20H18ClN3O3S2/c1-13-18(14-6-8-16(21)9-7-14)22-20(28-13)23-19(25)15-4-2-5-17(12-15)24-10-3-11-29(24,26)27/h2,4-9,12H,3,10-11H2,1H3,(H,22,23,25). The van der Waals surface area contributed by atoms with Crippen molar-refractivity contribution in [3.05, 3.63) is 64.0 Å². The maximum atomic E-state index is 12.7. The van der Waals surface area contributed by atoms with Crippen LogP contribution in [0.5, 0.6) is 0 Å². The number of aryl methyl sites for hydroxylation is 1. The molecule has 1 aliphatic heterocycles. The summed E-state index contributed by atoms with van der Waals surface area (Å²) in [6, 6.07) is 14.0. The molecule has 2 heterocycles. The van der Waals surface area contributed by atoms with E-state index >= 15 is 0 Å². The van der Waals surface area contributed by atoms with Crippen LogP contribution in [0.15, 0.2) is 48.5 Å². The first kappa shape index (κ1) is 19.9. The average Bonchev–Trinajstić information content (AvgIpc) is 3.23. The molecule has 4 rings (SSSR count). The third kappa shape index (κ3) is 4.14. The molecule has 9 heteroatoms. The number of nitrogens with zero attached hydrogens (tertiary/aromatic N) is 2. The Labute approximate surface area is 178 Å². The van der Waals surface area contributed by atoms with Crippen LogP contribution in [0.3, 0.4) is 0 Å². The summed E-state index contributed by atoms with van der Waals surface area (Å²) in [5, 5.41) is 3.94. The number of hydrogen-bond donors (Lipinski definition) is 1. The number of amides is 1. The van der Waals surface area contributed by atoms with Crippen LogP contribution in [0.1, 0.15) is 21.7 Å². The average molecular weight is 448 g/mol. The molecule has 0 aliphatic carbocycles. The Balaban J connectivity index is 1.55. The molecule has 1 amide bonds. The van der Waals surface area contributed by atoms with Crippen LogP contribution >= 0.6 is 22.9 Å². The fraction of sp³-hybridized carbons (Fsp3) is 0.200. The van der Waals surface area contributed by atoms with Gasteiger partial charge in [0.25, 0.3) is 5.91 Å². The zero-order valence-corrected chi connectivity index (χ0v) is 17.9. The van der Waals surface area contributed by atoms with E-state index in [9.17, 15) is 13.2 Å². The van der Waals surface area contributed by atoms with E-state index < -0.39 is 10.0 Å². The Hall–Kier alpha value is -2.42. The molecule has 29 heavy (non-hydrogen) atoms. The van der Waals surface area contributed by atoms with Crippen LogP contribution in [-0.2, 0) is 10.0 Å². The van der Waals surface area contributed by atoms with Crippen molar-refractivity contribution >= 4 is 49.7 Å². The maximum absolute atomic E-state index is 12.7. The zero-order chi connectivity index (χ0) is 20.6. The van der Waals surface area contributed by atoms with Gasteiger partial charge in [-0.2, -0.15) is 0 Å². The summed E-state index contributed by atoms with van der Waals surface area (Å²) < 4.78 is 25.6. The summed E-state index contributed by atoms with van der Waals surface area (Å²) in [5.41, 5.74) is 2.60. The van der Waals surface area contributed by atoms with Crippen LogP contribution < -0.4 is 9.62 Å². The van der Waals surface area contributed by atoms with Gasteiger partial charge in [-0.3, -0.25) is 14.4 Å². The highest BCUT2D eigenvalue weighted by atomic mass is 35.5. The lowest BCUT2D eigenvalue weighted by atomic mass is 10.1. The number of carbonyl (C=O) groups excluding carboxylic acids is 1. The smallest absolute Gasteiger partial charge is 0.257 e. The summed E-state index contributed by atoms with van der Waals surface area (Å²) in [6.07, 6.45) is 0.588. The Bertz CT molecular complexity index is 1170. The Morgan fingerprint density at radius 3 is 2.66 bits per heavy atom. The van der Waals surface area contributed by atoms with E-state index in [2.05, 4.69) is 10.3 Å². The van der Waals surface area contributed by atoms with Crippen LogP contribution in [-0.4, -0.2) is 31.6 Å². The summed E-state index contributed by atoms with van der Waals surface area (Å²) in [4.78, 5) is 18.2. The van der Waals surface area contributed by atoms with E-state index in [1.807, 2.05) is 19.1 Å². The van der Waals surface area contributed by atoms with Crippen LogP contribution in [0.2, 0.25) is 5.02 Å². The molecule has 150 valence electrons. The quantitative estimate of drug-likeness (QED) is 0.635. The lowest BCUT2D eigenvalue weighted by molar-refractivity contribution is 0.102.